The van der Waals surface area contributed by atoms with Crippen LogP contribution >= 0.6 is 0 Å². The number of hydrogen-bond donors (Lipinski definition) is 2. The molecule has 0 saturated carbocycles. The Kier molecular flexibility index (Phi) is 11.4. The number of halogens is 2. The molecule has 35 heavy (non-hydrogen) atoms. The summed E-state index contributed by atoms with van der Waals surface area (Å²) in [7, 11) is 0. The van der Waals surface area contributed by atoms with Gasteiger partial charge in [-0.15, -0.1) is 0 Å². The van der Waals surface area contributed by atoms with E-state index in [9.17, 15) is 23.5 Å². The van der Waals surface area contributed by atoms with Gasteiger partial charge in [0.2, 0.25) is 0 Å². The number of benzene rings is 2. The zero-order valence-corrected chi connectivity index (χ0v) is 20.4. The maximum atomic E-state index is 14.0. The third-order valence-corrected chi connectivity index (χ3v) is 5.29. The van der Waals surface area contributed by atoms with Crippen molar-refractivity contribution in [1.29, 1.82) is 0 Å². The highest BCUT2D eigenvalue weighted by atomic mass is 19.1. The number of urea groups is 1. The molecule has 0 radical (unpaired) electrons. The van der Waals surface area contributed by atoms with Crippen molar-refractivity contribution >= 4 is 17.7 Å². The lowest BCUT2D eigenvalue weighted by atomic mass is 10.1. The van der Waals surface area contributed by atoms with E-state index in [-0.39, 0.29) is 25.3 Å². The summed E-state index contributed by atoms with van der Waals surface area (Å²) in [5, 5.41) is 11.7. The van der Waals surface area contributed by atoms with Crippen molar-refractivity contribution in [2.75, 3.05) is 31.6 Å². The molecular weight excluding hydrogens is 458 g/mol. The fourth-order valence-corrected chi connectivity index (χ4v) is 3.42. The summed E-state index contributed by atoms with van der Waals surface area (Å²) in [6, 6.07) is 9.51. The highest BCUT2D eigenvalue weighted by molar-refractivity contribution is 5.89. The Bertz CT molecular complexity index is 953. The molecule has 2 N–H and O–H groups in total. The smallest absolute Gasteiger partial charge is 0.333 e. The molecule has 0 fully saturated rings. The van der Waals surface area contributed by atoms with E-state index in [0.29, 0.717) is 24.8 Å². The average molecular weight is 493 g/mol. The number of aliphatic carboxylic acids is 1. The van der Waals surface area contributed by atoms with Gasteiger partial charge in [-0.25, -0.2) is 18.4 Å². The summed E-state index contributed by atoms with van der Waals surface area (Å²) in [4.78, 5) is 25.6. The molecule has 2 aromatic carbocycles. The maximum absolute atomic E-state index is 14.0. The summed E-state index contributed by atoms with van der Waals surface area (Å²) >= 11 is 0. The van der Waals surface area contributed by atoms with Gasteiger partial charge >= 0.3 is 12.0 Å². The van der Waals surface area contributed by atoms with Gasteiger partial charge < -0.3 is 24.8 Å². The Morgan fingerprint density at radius 2 is 1.80 bits per heavy atom. The van der Waals surface area contributed by atoms with E-state index in [1.165, 1.54) is 6.07 Å². The van der Waals surface area contributed by atoms with Gasteiger partial charge in [0.1, 0.15) is 24.0 Å². The Morgan fingerprint density at radius 3 is 2.40 bits per heavy atom. The second-order valence-corrected chi connectivity index (χ2v) is 8.56. The highest BCUT2D eigenvalue weighted by Crippen LogP contribution is 2.17. The molecule has 0 saturated heterocycles. The minimum atomic E-state index is -1.01. The largest absolute Gasteiger partial charge is 0.492 e. The first-order valence-electron chi connectivity index (χ1n) is 11.8. The maximum Gasteiger partial charge on any atom is 0.333 e. The molecule has 0 bridgehead atoms. The normalized spacial score (nSPS) is 11.8. The number of carbonyl (C=O) groups is 2. The minimum Gasteiger partial charge on any atom is -0.492 e. The highest BCUT2D eigenvalue weighted by Gasteiger charge is 2.18. The molecule has 0 aliphatic heterocycles. The molecule has 0 aliphatic carbocycles. The van der Waals surface area contributed by atoms with Crippen LogP contribution in [0.25, 0.3) is 0 Å². The van der Waals surface area contributed by atoms with E-state index < -0.39 is 29.7 Å². The Hall–Kier alpha value is -3.20. The number of hydrogen-bond acceptors (Lipinski definition) is 4. The number of carboxylic acid groups (broad SMARTS) is 1. The molecule has 2 amide bonds. The zero-order chi connectivity index (χ0) is 25.8. The van der Waals surface area contributed by atoms with Crippen LogP contribution in [0, 0.1) is 17.6 Å². The molecule has 7 nitrogen and oxygen atoms in total. The van der Waals surface area contributed by atoms with Gasteiger partial charge in [-0.2, -0.15) is 0 Å². The van der Waals surface area contributed by atoms with Crippen LogP contribution in [0.3, 0.4) is 0 Å². The SMILES string of the molecule is CCOC(Cc1ccc(OCCN(CCCC(C)C)C(=O)Nc2ccc(F)cc2F)cc1)C(=O)O. The van der Waals surface area contributed by atoms with Crippen LogP contribution in [-0.2, 0) is 16.0 Å². The minimum absolute atomic E-state index is 0.0894. The number of ether oxygens (including phenoxy) is 2. The van der Waals surface area contributed by atoms with Crippen molar-refractivity contribution < 1.29 is 33.0 Å². The number of carbonyl (C=O) groups excluding carboxylic acids is 1. The fourth-order valence-electron chi connectivity index (χ4n) is 3.42. The van der Waals surface area contributed by atoms with Gasteiger partial charge in [0.15, 0.2) is 6.10 Å². The topological polar surface area (TPSA) is 88.1 Å². The Labute approximate surface area is 205 Å². The molecule has 2 rings (SSSR count). The molecule has 1 unspecified atom stereocenters. The standard InChI is InChI=1S/C26H34F2N2O5/c1-4-34-24(25(31)32)16-19-7-10-21(11-8-19)35-15-14-30(13-5-6-18(2)3)26(33)29-23-12-9-20(27)17-22(23)28/h7-12,17-18,24H,4-6,13-16H2,1-3H3,(H,29,33)(H,31,32). The van der Waals surface area contributed by atoms with Gasteiger partial charge in [-0.1, -0.05) is 26.0 Å². The number of nitrogens with zero attached hydrogens (tertiary/aromatic N) is 1. The monoisotopic (exact) mass is 492 g/mol. The van der Waals surface area contributed by atoms with Crippen LogP contribution in [0.1, 0.15) is 39.2 Å². The van der Waals surface area contributed by atoms with Crippen molar-refractivity contribution in [2.45, 2.75) is 46.1 Å². The van der Waals surface area contributed by atoms with Crippen molar-refractivity contribution in [3.63, 3.8) is 0 Å². The third kappa shape index (κ3) is 9.90. The molecule has 9 heteroatoms. The first-order valence-corrected chi connectivity index (χ1v) is 11.8. The second kappa shape index (κ2) is 14.3. The third-order valence-electron chi connectivity index (χ3n) is 5.29. The van der Waals surface area contributed by atoms with Crippen molar-refractivity contribution in [3.8, 4) is 5.75 Å². The van der Waals surface area contributed by atoms with Crippen LogP contribution in [0.15, 0.2) is 42.5 Å². The zero-order valence-electron chi connectivity index (χ0n) is 20.4. The van der Waals surface area contributed by atoms with Gasteiger partial charge in [-0.3, -0.25) is 0 Å². The van der Waals surface area contributed by atoms with Gasteiger partial charge in [0.05, 0.1) is 12.2 Å². The predicted molar refractivity (Wildman–Crippen MR) is 130 cm³/mol. The van der Waals surface area contributed by atoms with Crippen molar-refractivity contribution in [3.05, 3.63) is 59.7 Å². The molecule has 0 aromatic heterocycles. The van der Waals surface area contributed by atoms with Crippen LogP contribution in [0.4, 0.5) is 19.3 Å². The summed E-state index contributed by atoms with van der Waals surface area (Å²) in [5.41, 5.74) is 0.711. The number of anilines is 1. The Balaban J connectivity index is 1.94. The number of rotatable bonds is 14. The lowest BCUT2D eigenvalue weighted by molar-refractivity contribution is -0.149. The van der Waals surface area contributed by atoms with E-state index in [2.05, 4.69) is 19.2 Å². The van der Waals surface area contributed by atoms with Crippen LogP contribution in [0.2, 0.25) is 0 Å². The molecule has 192 valence electrons. The van der Waals surface area contributed by atoms with E-state index in [0.717, 1.165) is 30.5 Å². The lowest BCUT2D eigenvalue weighted by Gasteiger charge is -2.24. The van der Waals surface area contributed by atoms with E-state index >= 15 is 0 Å². The van der Waals surface area contributed by atoms with E-state index in [1.54, 1.807) is 36.1 Å². The number of carboxylic acids is 1. The predicted octanol–water partition coefficient (Wildman–Crippen LogP) is 5.35. The van der Waals surface area contributed by atoms with Crippen LogP contribution in [-0.4, -0.2) is 54.4 Å². The van der Waals surface area contributed by atoms with E-state index in [4.69, 9.17) is 9.47 Å². The van der Waals surface area contributed by atoms with Crippen LogP contribution in [0.5, 0.6) is 5.75 Å². The number of nitrogens with one attached hydrogen (secondary N) is 1. The fraction of sp³-hybridized carbons (Fsp3) is 0.462. The van der Waals surface area contributed by atoms with Gasteiger partial charge in [-0.05, 0) is 55.5 Å². The number of amides is 2. The first kappa shape index (κ1) is 28.0. The van der Waals surface area contributed by atoms with Crippen molar-refractivity contribution in [1.82, 2.24) is 4.90 Å². The molecule has 0 spiro atoms. The molecule has 0 heterocycles. The molecule has 1 atom stereocenters. The Morgan fingerprint density at radius 1 is 1.09 bits per heavy atom. The van der Waals surface area contributed by atoms with Crippen LogP contribution < -0.4 is 10.1 Å². The summed E-state index contributed by atoms with van der Waals surface area (Å²) in [5.74, 6) is -1.52. The molecule has 0 aliphatic rings. The summed E-state index contributed by atoms with van der Waals surface area (Å²) < 4.78 is 38.1. The second-order valence-electron chi connectivity index (χ2n) is 8.56. The lowest BCUT2D eigenvalue weighted by Crippen LogP contribution is -2.38. The van der Waals surface area contributed by atoms with Gasteiger partial charge in [0, 0.05) is 25.6 Å². The summed E-state index contributed by atoms with van der Waals surface area (Å²) in [6.07, 6.45) is 1.04. The first-order chi connectivity index (χ1) is 16.7. The average Bonchev–Trinajstić information content (AvgIpc) is 2.80. The quantitative estimate of drug-likeness (QED) is 0.371. The van der Waals surface area contributed by atoms with Crippen molar-refractivity contribution in [2.24, 2.45) is 5.92 Å². The summed E-state index contributed by atoms with van der Waals surface area (Å²) in [6.45, 7) is 7.18. The molecular formula is C26H34F2N2O5. The van der Waals surface area contributed by atoms with Gasteiger partial charge in [0.25, 0.3) is 0 Å². The van der Waals surface area contributed by atoms with E-state index in [1.807, 2.05) is 0 Å². The molecule has 2 aromatic rings.